The van der Waals surface area contributed by atoms with Crippen molar-refractivity contribution in [3.8, 4) is 11.5 Å². The van der Waals surface area contributed by atoms with E-state index in [1.807, 2.05) is 4.90 Å². The smallest absolute Gasteiger partial charge is 0.269 e. The summed E-state index contributed by atoms with van der Waals surface area (Å²) in [7, 11) is 0. The molecule has 1 fully saturated rings. The summed E-state index contributed by atoms with van der Waals surface area (Å²) in [4.78, 5) is 24.6. The molecule has 0 N–H and O–H groups in total. The summed E-state index contributed by atoms with van der Waals surface area (Å²) in [6.45, 7) is 3.83. The van der Waals surface area contributed by atoms with E-state index in [4.69, 9.17) is 4.74 Å². The van der Waals surface area contributed by atoms with Crippen molar-refractivity contribution in [3.63, 3.8) is 0 Å². The molecule has 6 nitrogen and oxygen atoms in total. The van der Waals surface area contributed by atoms with Gasteiger partial charge in [-0.05, 0) is 55.2 Å². The summed E-state index contributed by atoms with van der Waals surface area (Å²) in [5.41, 5.74) is 0.662. The van der Waals surface area contributed by atoms with Crippen molar-refractivity contribution in [2.24, 2.45) is 5.92 Å². The molecule has 1 aliphatic rings. The number of ether oxygens (including phenoxy) is 1. The number of amides is 1. The van der Waals surface area contributed by atoms with Crippen LogP contribution in [0.3, 0.4) is 0 Å². The van der Waals surface area contributed by atoms with Crippen LogP contribution in [0.25, 0.3) is 0 Å². The van der Waals surface area contributed by atoms with Crippen LogP contribution >= 0.6 is 0 Å². The van der Waals surface area contributed by atoms with Gasteiger partial charge in [0.25, 0.3) is 11.6 Å². The van der Waals surface area contributed by atoms with Crippen LogP contribution < -0.4 is 4.74 Å². The second-order valence-corrected chi connectivity index (χ2v) is 6.35. The number of nitro benzene ring substituents is 1. The van der Waals surface area contributed by atoms with Crippen LogP contribution in [0, 0.1) is 16.0 Å². The van der Waals surface area contributed by atoms with Gasteiger partial charge in [0.2, 0.25) is 0 Å². The Balaban J connectivity index is 1.63. The molecule has 2 aromatic carbocycles. The zero-order valence-corrected chi connectivity index (χ0v) is 14.1. The molecule has 0 spiro atoms. The highest BCUT2D eigenvalue weighted by Gasteiger charge is 2.21. The Bertz CT molecular complexity index is 748. The van der Waals surface area contributed by atoms with Gasteiger partial charge in [-0.15, -0.1) is 0 Å². The number of hydrogen-bond acceptors (Lipinski definition) is 4. The molecule has 130 valence electrons. The molecule has 0 atom stereocenters. The molecular formula is C19H20N2O4. The molecule has 1 aliphatic heterocycles. The first kappa shape index (κ1) is 17.0. The number of piperidine rings is 1. The van der Waals surface area contributed by atoms with Crippen molar-refractivity contribution in [2.75, 3.05) is 13.1 Å². The minimum absolute atomic E-state index is 0.0177. The molecule has 2 aromatic rings. The Morgan fingerprint density at radius 3 is 2.08 bits per heavy atom. The quantitative estimate of drug-likeness (QED) is 0.616. The van der Waals surface area contributed by atoms with Crippen LogP contribution in [-0.2, 0) is 0 Å². The third-order valence-corrected chi connectivity index (χ3v) is 4.46. The van der Waals surface area contributed by atoms with Crippen molar-refractivity contribution in [3.05, 3.63) is 64.2 Å². The predicted molar refractivity (Wildman–Crippen MR) is 93.9 cm³/mol. The maximum absolute atomic E-state index is 12.5. The van der Waals surface area contributed by atoms with Crippen molar-refractivity contribution in [1.29, 1.82) is 0 Å². The van der Waals surface area contributed by atoms with Gasteiger partial charge in [-0.25, -0.2) is 0 Å². The van der Waals surface area contributed by atoms with E-state index in [0.29, 0.717) is 23.0 Å². The molecule has 0 aliphatic carbocycles. The first-order chi connectivity index (χ1) is 12.0. The number of nitro groups is 1. The van der Waals surface area contributed by atoms with Gasteiger partial charge in [-0.1, -0.05) is 6.92 Å². The Morgan fingerprint density at radius 2 is 1.56 bits per heavy atom. The lowest BCUT2D eigenvalue weighted by molar-refractivity contribution is -0.384. The van der Waals surface area contributed by atoms with E-state index in [9.17, 15) is 14.9 Å². The van der Waals surface area contributed by atoms with Crippen LogP contribution in [0.5, 0.6) is 11.5 Å². The van der Waals surface area contributed by atoms with Crippen LogP contribution in [-0.4, -0.2) is 28.8 Å². The second-order valence-electron chi connectivity index (χ2n) is 6.35. The van der Waals surface area contributed by atoms with Crippen molar-refractivity contribution < 1.29 is 14.5 Å². The Kier molecular flexibility index (Phi) is 4.97. The Morgan fingerprint density at radius 1 is 1.04 bits per heavy atom. The van der Waals surface area contributed by atoms with Crippen molar-refractivity contribution in [2.45, 2.75) is 19.8 Å². The number of carbonyl (C=O) groups excluding carboxylic acids is 1. The summed E-state index contributed by atoms with van der Waals surface area (Å²) >= 11 is 0. The Hall–Kier alpha value is -2.89. The van der Waals surface area contributed by atoms with E-state index < -0.39 is 4.92 Å². The lowest BCUT2D eigenvalue weighted by Crippen LogP contribution is -2.37. The number of rotatable bonds is 4. The van der Waals surface area contributed by atoms with Crippen LogP contribution in [0.4, 0.5) is 5.69 Å². The first-order valence-electron chi connectivity index (χ1n) is 8.34. The van der Waals surface area contributed by atoms with Gasteiger partial charge >= 0.3 is 0 Å². The third-order valence-electron chi connectivity index (χ3n) is 4.46. The maximum atomic E-state index is 12.5. The topological polar surface area (TPSA) is 72.7 Å². The van der Waals surface area contributed by atoms with Crippen LogP contribution in [0.15, 0.2) is 48.5 Å². The largest absolute Gasteiger partial charge is 0.457 e. The molecule has 1 heterocycles. The molecule has 0 aromatic heterocycles. The molecule has 0 unspecified atom stereocenters. The number of benzene rings is 2. The molecule has 0 saturated carbocycles. The normalized spacial score (nSPS) is 15.0. The lowest BCUT2D eigenvalue weighted by atomic mass is 9.98. The number of carbonyl (C=O) groups is 1. The second kappa shape index (κ2) is 7.34. The van der Waals surface area contributed by atoms with Gasteiger partial charge < -0.3 is 9.64 Å². The molecule has 0 bridgehead atoms. The minimum Gasteiger partial charge on any atom is -0.457 e. The van der Waals surface area contributed by atoms with Crippen molar-refractivity contribution in [1.82, 2.24) is 4.90 Å². The van der Waals surface area contributed by atoms with Crippen molar-refractivity contribution >= 4 is 11.6 Å². The minimum atomic E-state index is -0.453. The standard InChI is InChI=1S/C19H20N2O4/c1-14-10-12-20(13-11-14)19(22)15-2-6-17(7-3-15)25-18-8-4-16(5-9-18)21(23)24/h2-9,14H,10-13H2,1H3. The average Bonchev–Trinajstić information content (AvgIpc) is 2.63. The molecule has 0 radical (unpaired) electrons. The predicted octanol–water partition coefficient (Wildman–Crippen LogP) is 4.26. The van der Waals surface area contributed by atoms with Gasteiger partial charge in [0, 0.05) is 30.8 Å². The fourth-order valence-corrected chi connectivity index (χ4v) is 2.83. The molecule has 25 heavy (non-hydrogen) atoms. The summed E-state index contributed by atoms with van der Waals surface area (Å²) in [5, 5.41) is 10.6. The maximum Gasteiger partial charge on any atom is 0.269 e. The zero-order chi connectivity index (χ0) is 17.8. The number of non-ortho nitro benzene ring substituents is 1. The van der Waals surface area contributed by atoms with Gasteiger partial charge in [0.1, 0.15) is 11.5 Å². The van der Waals surface area contributed by atoms with E-state index in [1.54, 1.807) is 36.4 Å². The molecule has 1 saturated heterocycles. The van der Waals surface area contributed by atoms with Gasteiger partial charge in [-0.3, -0.25) is 14.9 Å². The van der Waals surface area contributed by atoms with E-state index in [0.717, 1.165) is 25.9 Å². The SMILES string of the molecule is CC1CCN(C(=O)c2ccc(Oc3ccc([N+](=O)[O-])cc3)cc2)CC1. The fourth-order valence-electron chi connectivity index (χ4n) is 2.83. The third kappa shape index (κ3) is 4.15. The van der Waals surface area contributed by atoms with E-state index in [1.165, 1.54) is 12.1 Å². The highest BCUT2D eigenvalue weighted by molar-refractivity contribution is 5.94. The molecule has 1 amide bonds. The van der Waals surface area contributed by atoms with Gasteiger partial charge in [0.15, 0.2) is 0 Å². The summed E-state index contributed by atoms with van der Waals surface area (Å²) < 4.78 is 5.66. The first-order valence-corrected chi connectivity index (χ1v) is 8.34. The molecule has 6 heteroatoms. The van der Waals surface area contributed by atoms with Crippen LogP contribution in [0.2, 0.25) is 0 Å². The fraction of sp³-hybridized carbons (Fsp3) is 0.316. The van der Waals surface area contributed by atoms with E-state index in [-0.39, 0.29) is 11.6 Å². The van der Waals surface area contributed by atoms with E-state index in [2.05, 4.69) is 6.92 Å². The zero-order valence-electron chi connectivity index (χ0n) is 14.1. The number of likely N-dealkylation sites (tertiary alicyclic amines) is 1. The highest BCUT2D eigenvalue weighted by Crippen LogP contribution is 2.25. The molecule has 3 rings (SSSR count). The summed E-state index contributed by atoms with van der Waals surface area (Å²) in [6.07, 6.45) is 2.10. The lowest BCUT2D eigenvalue weighted by Gasteiger charge is -2.30. The van der Waals surface area contributed by atoms with Crippen LogP contribution in [0.1, 0.15) is 30.1 Å². The van der Waals surface area contributed by atoms with Gasteiger partial charge in [-0.2, -0.15) is 0 Å². The molecular weight excluding hydrogens is 320 g/mol. The Labute approximate surface area is 146 Å². The summed E-state index contributed by atoms with van der Waals surface area (Å²) in [6, 6.07) is 12.9. The summed E-state index contributed by atoms with van der Waals surface area (Å²) in [5.74, 6) is 1.82. The monoisotopic (exact) mass is 340 g/mol. The number of hydrogen-bond donors (Lipinski definition) is 0. The number of nitrogens with zero attached hydrogens (tertiary/aromatic N) is 2. The highest BCUT2D eigenvalue weighted by atomic mass is 16.6. The average molecular weight is 340 g/mol. The van der Waals surface area contributed by atoms with E-state index >= 15 is 0 Å². The van der Waals surface area contributed by atoms with Gasteiger partial charge in [0.05, 0.1) is 4.92 Å².